The maximum absolute atomic E-state index is 12.2. The number of alkyl halides is 3. The lowest BCUT2D eigenvalue weighted by atomic mass is 10.1. The molecule has 0 unspecified atom stereocenters. The van der Waals surface area contributed by atoms with Crippen LogP contribution in [-0.4, -0.2) is 23.3 Å². The maximum Gasteiger partial charge on any atom is 0.389 e. The van der Waals surface area contributed by atoms with Crippen LogP contribution in [-0.2, 0) is 6.42 Å². The van der Waals surface area contributed by atoms with E-state index >= 15 is 0 Å². The minimum atomic E-state index is -4.12. The molecule has 1 heterocycles. The molecule has 8 heteroatoms. The van der Waals surface area contributed by atoms with Crippen molar-refractivity contribution in [3.8, 4) is 17.5 Å². The monoisotopic (exact) mass is 404 g/mol. The summed E-state index contributed by atoms with van der Waals surface area (Å²) in [4.78, 5) is 7.90. The highest BCUT2D eigenvalue weighted by Crippen LogP contribution is 2.32. The number of halogens is 4. The molecule has 0 amide bonds. The zero-order chi connectivity index (χ0) is 17.6. The molecule has 130 valence electrons. The van der Waals surface area contributed by atoms with Crippen molar-refractivity contribution in [2.24, 2.45) is 0 Å². The van der Waals surface area contributed by atoms with Gasteiger partial charge in [-0.1, -0.05) is 22.0 Å². The van der Waals surface area contributed by atoms with E-state index in [-0.39, 0.29) is 6.42 Å². The molecular weight excluding hydrogens is 389 g/mol. The van der Waals surface area contributed by atoms with Crippen molar-refractivity contribution in [3.05, 3.63) is 40.6 Å². The quantitative estimate of drug-likeness (QED) is 0.586. The van der Waals surface area contributed by atoms with Gasteiger partial charge in [-0.05, 0) is 31.4 Å². The average molecular weight is 405 g/mol. The molecule has 1 aromatic carbocycles. The van der Waals surface area contributed by atoms with Crippen LogP contribution >= 0.6 is 15.9 Å². The van der Waals surface area contributed by atoms with E-state index in [1.165, 1.54) is 19.5 Å². The van der Waals surface area contributed by atoms with Gasteiger partial charge in [0, 0.05) is 16.5 Å². The summed E-state index contributed by atoms with van der Waals surface area (Å²) >= 11 is 3.42. The maximum atomic E-state index is 12.2. The number of nitrogens with zero attached hydrogens (tertiary/aromatic N) is 2. The molecular formula is C16H16BrF3N2O2. The molecule has 1 aromatic heterocycles. The van der Waals surface area contributed by atoms with Gasteiger partial charge in [-0.25, -0.2) is 9.97 Å². The zero-order valence-electron chi connectivity index (χ0n) is 12.9. The van der Waals surface area contributed by atoms with Crippen molar-refractivity contribution in [2.45, 2.75) is 31.9 Å². The molecule has 2 rings (SSSR count). The second-order valence-corrected chi connectivity index (χ2v) is 5.89. The van der Waals surface area contributed by atoms with Gasteiger partial charge in [0.2, 0.25) is 11.8 Å². The second-order valence-electron chi connectivity index (χ2n) is 5.04. The number of methoxy groups -OCH3 is 1. The van der Waals surface area contributed by atoms with Gasteiger partial charge in [0.1, 0.15) is 12.1 Å². The molecule has 0 saturated heterocycles. The minimum absolute atomic E-state index is 0.0750. The zero-order valence-corrected chi connectivity index (χ0v) is 14.5. The molecule has 0 aliphatic rings. The average Bonchev–Trinajstić information content (AvgIpc) is 2.53. The minimum Gasteiger partial charge on any atom is -0.481 e. The van der Waals surface area contributed by atoms with Gasteiger partial charge in [-0.15, -0.1) is 0 Å². The summed E-state index contributed by atoms with van der Waals surface area (Å²) in [6, 6.07) is 6.90. The Morgan fingerprint density at radius 2 is 1.88 bits per heavy atom. The first kappa shape index (κ1) is 18.5. The summed E-state index contributed by atoms with van der Waals surface area (Å²) in [7, 11) is 1.48. The highest BCUT2D eigenvalue weighted by molar-refractivity contribution is 9.10. The van der Waals surface area contributed by atoms with E-state index in [0.717, 1.165) is 10.0 Å². The summed E-state index contributed by atoms with van der Waals surface area (Å²) < 4.78 is 48.3. The predicted molar refractivity (Wildman–Crippen MR) is 86.4 cm³/mol. The Labute approximate surface area is 146 Å². The van der Waals surface area contributed by atoms with Crippen molar-refractivity contribution < 1.29 is 22.6 Å². The second kappa shape index (κ2) is 8.32. The van der Waals surface area contributed by atoms with E-state index in [9.17, 15) is 13.2 Å². The van der Waals surface area contributed by atoms with Gasteiger partial charge in [0.05, 0.1) is 13.2 Å². The van der Waals surface area contributed by atoms with E-state index < -0.39 is 12.6 Å². The first-order valence-corrected chi connectivity index (χ1v) is 8.06. The van der Waals surface area contributed by atoms with Crippen LogP contribution in [0.2, 0.25) is 0 Å². The first-order chi connectivity index (χ1) is 11.4. The highest BCUT2D eigenvalue weighted by atomic mass is 79.9. The number of benzene rings is 1. The smallest absolute Gasteiger partial charge is 0.389 e. The van der Waals surface area contributed by atoms with Gasteiger partial charge in [-0.3, -0.25) is 0 Å². The fourth-order valence-electron chi connectivity index (χ4n) is 2.11. The Bertz CT molecular complexity index is 681. The summed E-state index contributed by atoms with van der Waals surface area (Å²) in [5.74, 6) is 1.20. The number of hydrogen-bond donors (Lipinski definition) is 0. The third kappa shape index (κ3) is 5.67. The van der Waals surface area contributed by atoms with Gasteiger partial charge < -0.3 is 9.47 Å². The predicted octanol–water partition coefficient (Wildman–Crippen LogP) is 5.32. The van der Waals surface area contributed by atoms with Crippen molar-refractivity contribution in [3.63, 3.8) is 0 Å². The molecule has 2 aromatic rings. The van der Waals surface area contributed by atoms with Crippen LogP contribution in [0.15, 0.2) is 35.1 Å². The third-order valence-corrected chi connectivity index (χ3v) is 4.00. The SMILES string of the molecule is COc1cc(Oc2cccc(Br)c2CCCCC(F)(F)F)ncn1. The Kier molecular flexibility index (Phi) is 6.42. The molecule has 0 atom stereocenters. The molecule has 0 spiro atoms. The normalized spacial score (nSPS) is 11.4. The molecule has 0 fully saturated rings. The molecule has 0 aliphatic carbocycles. The summed E-state index contributed by atoms with van der Waals surface area (Å²) in [6.45, 7) is 0. The lowest BCUT2D eigenvalue weighted by molar-refractivity contribution is -0.135. The number of rotatable bonds is 7. The van der Waals surface area contributed by atoms with Crippen molar-refractivity contribution in [1.82, 2.24) is 9.97 Å². The van der Waals surface area contributed by atoms with Crippen LogP contribution in [0, 0.1) is 0 Å². The number of aromatic nitrogens is 2. The third-order valence-electron chi connectivity index (χ3n) is 3.25. The molecule has 0 saturated carbocycles. The van der Waals surface area contributed by atoms with E-state index in [1.54, 1.807) is 12.1 Å². The molecule has 4 nitrogen and oxygen atoms in total. The lowest BCUT2D eigenvalue weighted by Crippen LogP contribution is -2.06. The van der Waals surface area contributed by atoms with Crippen LogP contribution in [0.3, 0.4) is 0 Å². The molecule has 24 heavy (non-hydrogen) atoms. The molecule has 0 N–H and O–H groups in total. The summed E-state index contributed by atoms with van der Waals surface area (Å²) in [5, 5.41) is 0. The number of unbranched alkanes of at least 4 members (excludes halogenated alkanes) is 1. The van der Waals surface area contributed by atoms with Crippen LogP contribution < -0.4 is 9.47 Å². The van der Waals surface area contributed by atoms with Crippen molar-refractivity contribution in [1.29, 1.82) is 0 Å². The van der Waals surface area contributed by atoms with E-state index in [1.807, 2.05) is 6.07 Å². The largest absolute Gasteiger partial charge is 0.481 e. The lowest BCUT2D eigenvalue weighted by Gasteiger charge is -2.13. The van der Waals surface area contributed by atoms with Crippen LogP contribution in [0.25, 0.3) is 0 Å². The van der Waals surface area contributed by atoms with Crippen LogP contribution in [0.5, 0.6) is 17.5 Å². The number of hydrogen-bond acceptors (Lipinski definition) is 4. The van der Waals surface area contributed by atoms with Gasteiger partial charge >= 0.3 is 6.18 Å². The fraction of sp³-hybridized carbons (Fsp3) is 0.375. The Morgan fingerprint density at radius 3 is 2.58 bits per heavy atom. The standard InChI is InChI=1S/C16H16BrF3N2O2/c1-23-14-9-15(22-10-21-14)24-13-7-4-6-12(17)11(13)5-2-3-8-16(18,19)20/h4,6-7,9-10H,2-3,5,8H2,1H3. The van der Waals surface area contributed by atoms with E-state index in [0.29, 0.717) is 30.4 Å². The first-order valence-electron chi connectivity index (χ1n) is 7.27. The summed E-state index contributed by atoms with van der Waals surface area (Å²) in [6.07, 6.45) is -2.64. The molecule has 0 bridgehead atoms. The Balaban J connectivity index is 2.08. The van der Waals surface area contributed by atoms with Gasteiger partial charge in [-0.2, -0.15) is 13.2 Å². The number of ether oxygens (including phenoxy) is 2. The van der Waals surface area contributed by atoms with E-state index in [4.69, 9.17) is 9.47 Å². The Hall–Kier alpha value is -1.83. The molecule has 0 aliphatic heterocycles. The Morgan fingerprint density at radius 1 is 1.12 bits per heavy atom. The van der Waals surface area contributed by atoms with E-state index in [2.05, 4.69) is 25.9 Å². The summed E-state index contributed by atoms with van der Waals surface area (Å²) in [5.41, 5.74) is 0.803. The van der Waals surface area contributed by atoms with Crippen LogP contribution in [0.1, 0.15) is 24.8 Å². The van der Waals surface area contributed by atoms with Crippen molar-refractivity contribution in [2.75, 3.05) is 7.11 Å². The molecule has 0 radical (unpaired) electrons. The fourth-order valence-corrected chi connectivity index (χ4v) is 2.65. The van der Waals surface area contributed by atoms with Gasteiger partial charge in [0.15, 0.2) is 0 Å². The van der Waals surface area contributed by atoms with Gasteiger partial charge in [0.25, 0.3) is 0 Å². The van der Waals surface area contributed by atoms with Crippen molar-refractivity contribution >= 4 is 15.9 Å². The van der Waals surface area contributed by atoms with Crippen LogP contribution in [0.4, 0.5) is 13.2 Å². The highest BCUT2D eigenvalue weighted by Gasteiger charge is 2.26. The topological polar surface area (TPSA) is 44.2 Å².